The van der Waals surface area contributed by atoms with Gasteiger partial charge in [-0.1, -0.05) is 48.5 Å². The van der Waals surface area contributed by atoms with Gasteiger partial charge in [-0.3, -0.25) is 4.79 Å². The van der Waals surface area contributed by atoms with Gasteiger partial charge in [0.15, 0.2) is 0 Å². The van der Waals surface area contributed by atoms with Gasteiger partial charge in [0, 0.05) is 16.1 Å². The van der Waals surface area contributed by atoms with Gasteiger partial charge in [-0.25, -0.2) is 0 Å². The van der Waals surface area contributed by atoms with Crippen LogP contribution in [0.4, 0.5) is 0 Å². The molecule has 0 aromatic heterocycles. The number of benzene rings is 1. The molecular weight excluding hydrogens is 333 g/mol. The minimum atomic E-state index is -0.696. The number of amides is 1. The highest BCUT2D eigenvalue weighted by Gasteiger charge is 2.33. The maximum absolute atomic E-state index is 12.2. The molecule has 23 heavy (non-hydrogen) atoms. The Morgan fingerprint density at radius 2 is 2.04 bits per heavy atom. The zero-order chi connectivity index (χ0) is 16.9. The van der Waals surface area contributed by atoms with Crippen molar-refractivity contribution in [3.05, 3.63) is 33.8 Å². The summed E-state index contributed by atoms with van der Waals surface area (Å²) in [6.45, 7) is 2.08. The molecule has 1 aliphatic rings. The van der Waals surface area contributed by atoms with Crippen LogP contribution in [0.2, 0.25) is 10.0 Å². The van der Waals surface area contributed by atoms with E-state index in [9.17, 15) is 10.1 Å². The molecule has 1 saturated carbocycles. The van der Waals surface area contributed by atoms with Crippen molar-refractivity contribution in [3.8, 4) is 6.07 Å². The monoisotopic (exact) mass is 353 g/mol. The number of halogens is 2. The summed E-state index contributed by atoms with van der Waals surface area (Å²) in [5.41, 5.74) is 0.189. The highest BCUT2D eigenvalue weighted by molar-refractivity contribution is 6.35. The molecule has 0 aliphatic heterocycles. The van der Waals surface area contributed by atoms with E-state index in [1.54, 1.807) is 12.1 Å². The summed E-state index contributed by atoms with van der Waals surface area (Å²) in [4.78, 5) is 12.2. The second-order valence-electron chi connectivity index (χ2n) is 6.07. The van der Waals surface area contributed by atoms with Crippen LogP contribution in [0, 0.1) is 11.3 Å². The van der Waals surface area contributed by atoms with E-state index in [-0.39, 0.29) is 18.5 Å². The molecule has 0 heterocycles. The molecule has 0 saturated heterocycles. The molecule has 6 heteroatoms. The van der Waals surface area contributed by atoms with E-state index in [0.29, 0.717) is 10.0 Å². The summed E-state index contributed by atoms with van der Waals surface area (Å²) in [6.07, 6.45) is 4.56. The Bertz CT molecular complexity index is 606. The highest BCUT2D eigenvalue weighted by atomic mass is 35.5. The van der Waals surface area contributed by atoms with Crippen molar-refractivity contribution < 1.29 is 4.79 Å². The van der Waals surface area contributed by atoms with Crippen LogP contribution in [0.25, 0.3) is 0 Å². The minimum absolute atomic E-state index is 0.0880. The molecule has 2 rings (SSSR count). The molecule has 1 fully saturated rings. The van der Waals surface area contributed by atoms with Gasteiger partial charge < -0.3 is 10.6 Å². The lowest BCUT2D eigenvalue weighted by molar-refractivity contribution is -0.122. The Morgan fingerprint density at radius 3 is 2.65 bits per heavy atom. The van der Waals surface area contributed by atoms with Crippen LogP contribution in [0.3, 0.4) is 0 Å². The van der Waals surface area contributed by atoms with Crippen molar-refractivity contribution in [2.45, 2.75) is 50.6 Å². The summed E-state index contributed by atoms with van der Waals surface area (Å²) in [7, 11) is 0. The van der Waals surface area contributed by atoms with Crippen molar-refractivity contribution in [1.29, 1.82) is 5.26 Å². The molecule has 1 aliphatic carbocycles. The maximum atomic E-state index is 12.2. The predicted octanol–water partition coefficient (Wildman–Crippen LogP) is 3.99. The van der Waals surface area contributed by atoms with Crippen molar-refractivity contribution >= 4 is 29.1 Å². The number of hydrogen-bond acceptors (Lipinski definition) is 3. The third kappa shape index (κ3) is 4.84. The predicted molar refractivity (Wildman–Crippen MR) is 92.5 cm³/mol. The molecule has 0 bridgehead atoms. The second-order valence-corrected chi connectivity index (χ2v) is 6.91. The first kappa shape index (κ1) is 18.1. The lowest BCUT2D eigenvalue weighted by atomic mass is 9.83. The summed E-state index contributed by atoms with van der Waals surface area (Å²) >= 11 is 12.1. The maximum Gasteiger partial charge on any atom is 0.235 e. The fourth-order valence-electron chi connectivity index (χ4n) is 2.94. The van der Waals surface area contributed by atoms with Crippen LogP contribution in [0.5, 0.6) is 0 Å². The molecular formula is C17H21Cl2N3O. The van der Waals surface area contributed by atoms with Crippen LogP contribution >= 0.6 is 23.2 Å². The summed E-state index contributed by atoms with van der Waals surface area (Å²) in [6, 6.07) is 7.50. The van der Waals surface area contributed by atoms with Gasteiger partial charge in [-0.2, -0.15) is 5.26 Å². The molecule has 0 spiro atoms. The van der Waals surface area contributed by atoms with Crippen molar-refractivity contribution in [2.24, 2.45) is 0 Å². The van der Waals surface area contributed by atoms with Crippen LogP contribution < -0.4 is 10.6 Å². The molecule has 1 aromatic rings. The largest absolute Gasteiger partial charge is 0.337 e. The number of carbonyl (C=O) groups is 1. The number of carbonyl (C=O) groups excluding carboxylic acids is 1. The van der Waals surface area contributed by atoms with Crippen LogP contribution in [0.1, 0.15) is 50.6 Å². The van der Waals surface area contributed by atoms with Gasteiger partial charge in [-0.15, -0.1) is 0 Å². The van der Waals surface area contributed by atoms with Crippen LogP contribution in [-0.2, 0) is 4.79 Å². The normalized spacial score (nSPS) is 18.0. The molecule has 4 nitrogen and oxygen atoms in total. The van der Waals surface area contributed by atoms with E-state index >= 15 is 0 Å². The van der Waals surface area contributed by atoms with Gasteiger partial charge in [0.05, 0.1) is 12.6 Å². The first-order valence-electron chi connectivity index (χ1n) is 7.86. The molecule has 1 aromatic carbocycles. The molecule has 1 amide bonds. The zero-order valence-electron chi connectivity index (χ0n) is 13.2. The third-order valence-corrected chi connectivity index (χ3v) is 4.86. The lowest BCUT2D eigenvalue weighted by Crippen LogP contribution is -2.51. The summed E-state index contributed by atoms with van der Waals surface area (Å²) < 4.78 is 0. The first-order chi connectivity index (χ1) is 11.0. The molecule has 2 N–H and O–H groups in total. The minimum Gasteiger partial charge on any atom is -0.337 e. The first-order valence-corrected chi connectivity index (χ1v) is 8.62. The van der Waals surface area contributed by atoms with Crippen molar-refractivity contribution in [3.63, 3.8) is 0 Å². The summed E-state index contributed by atoms with van der Waals surface area (Å²) in [5, 5.41) is 16.6. The quantitative estimate of drug-likeness (QED) is 0.840. The number of rotatable bonds is 5. The van der Waals surface area contributed by atoms with Crippen molar-refractivity contribution in [2.75, 3.05) is 6.54 Å². The Kier molecular flexibility index (Phi) is 6.29. The molecule has 0 radical (unpaired) electrons. The standard InChI is InChI=1S/C17H21Cl2N3O/c1-12(14-6-5-13(18)9-15(14)19)21-10-16(23)22-17(11-20)7-3-2-4-8-17/h5-6,9,12,21H,2-4,7-8,10H2,1H3,(H,22,23)/t12-/m0/s1. The fraction of sp³-hybridized carbons (Fsp3) is 0.529. The lowest BCUT2D eigenvalue weighted by Gasteiger charge is -2.31. The Hall–Kier alpha value is -1.28. The van der Waals surface area contributed by atoms with E-state index in [2.05, 4.69) is 16.7 Å². The summed E-state index contributed by atoms with van der Waals surface area (Å²) in [5.74, 6) is -0.162. The van der Waals surface area contributed by atoms with Crippen LogP contribution in [0.15, 0.2) is 18.2 Å². The van der Waals surface area contributed by atoms with Gasteiger partial charge in [0.25, 0.3) is 0 Å². The number of nitrogens with zero attached hydrogens (tertiary/aromatic N) is 1. The van der Waals surface area contributed by atoms with E-state index < -0.39 is 5.54 Å². The number of nitriles is 1. The fourth-order valence-corrected chi connectivity index (χ4v) is 3.51. The average Bonchev–Trinajstić information content (AvgIpc) is 2.53. The van der Waals surface area contributed by atoms with E-state index in [4.69, 9.17) is 23.2 Å². The van der Waals surface area contributed by atoms with E-state index in [1.165, 1.54) is 0 Å². The van der Waals surface area contributed by atoms with Crippen LogP contribution in [-0.4, -0.2) is 18.0 Å². The SMILES string of the molecule is C[C@H](NCC(=O)NC1(C#N)CCCCC1)c1ccc(Cl)cc1Cl. The third-order valence-electron chi connectivity index (χ3n) is 4.30. The molecule has 124 valence electrons. The van der Waals surface area contributed by atoms with Gasteiger partial charge in [0.2, 0.25) is 5.91 Å². The van der Waals surface area contributed by atoms with Gasteiger partial charge in [0.1, 0.15) is 5.54 Å². The number of hydrogen-bond donors (Lipinski definition) is 2. The second kappa shape index (κ2) is 8.01. The van der Waals surface area contributed by atoms with E-state index in [1.807, 2.05) is 13.0 Å². The molecule has 0 unspecified atom stereocenters. The average molecular weight is 354 g/mol. The molecule has 1 atom stereocenters. The highest BCUT2D eigenvalue weighted by Crippen LogP contribution is 2.28. The Morgan fingerprint density at radius 1 is 1.35 bits per heavy atom. The van der Waals surface area contributed by atoms with Gasteiger partial charge in [-0.05, 0) is 37.5 Å². The van der Waals surface area contributed by atoms with Gasteiger partial charge >= 0.3 is 0 Å². The topological polar surface area (TPSA) is 64.9 Å². The Balaban J connectivity index is 1.89. The zero-order valence-corrected chi connectivity index (χ0v) is 14.7. The van der Waals surface area contributed by atoms with Crippen molar-refractivity contribution in [1.82, 2.24) is 10.6 Å². The smallest absolute Gasteiger partial charge is 0.235 e. The Labute approximate surface area is 147 Å². The van der Waals surface area contributed by atoms with E-state index in [0.717, 1.165) is 37.7 Å². The number of nitrogens with one attached hydrogen (secondary N) is 2.